The second kappa shape index (κ2) is 11.7. The van der Waals surface area contributed by atoms with Gasteiger partial charge >= 0.3 is 0 Å². The second-order valence-electron chi connectivity index (χ2n) is 10.8. The lowest BCUT2D eigenvalue weighted by molar-refractivity contribution is -0.167. The van der Waals surface area contributed by atoms with Crippen LogP contribution in [-0.4, -0.2) is 60.1 Å². The quantitative estimate of drug-likeness (QED) is 0.311. The van der Waals surface area contributed by atoms with Crippen molar-refractivity contribution in [3.05, 3.63) is 120 Å². The summed E-state index contributed by atoms with van der Waals surface area (Å²) in [6.45, 7) is 1.53. The molecule has 4 aromatic carbocycles. The monoisotopic (exact) mass is 576 g/mol. The number of β-lactam (4-membered cyclic amide) rings is 2. The summed E-state index contributed by atoms with van der Waals surface area (Å²) in [5, 5.41) is 0. The second-order valence-corrected chi connectivity index (χ2v) is 10.8. The van der Waals surface area contributed by atoms with Crippen LogP contribution < -0.4 is 18.9 Å². The summed E-state index contributed by atoms with van der Waals surface area (Å²) in [6.07, 6.45) is -0.761. The smallest absolute Gasteiger partial charge is 0.266 e. The predicted octanol–water partition coefficient (Wildman–Crippen LogP) is 5.21. The minimum atomic E-state index is -0.676. The highest BCUT2D eigenvalue weighted by molar-refractivity contribution is 5.90. The number of fused-ring (bicyclic) bond motifs is 6. The molecule has 8 heteroatoms. The van der Waals surface area contributed by atoms with E-state index in [9.17, 15) is 9.59 Å². The third-order valence-corrected chi connectivity index (χ3v) is 8.18. The van der Waals surface area contributed by atoms with Crippen LogP contribution in [0, 0.1) is 0 Å². The summed E-state index contributed by atoms with van der Waals surface area (Å²) in [6, 6.07) is 33.6. The lowest BCUT2D eigenvalue weighted by Gasteiger charge is -2.49. The number of para-hydroxylation sites is 4. The molecule has 0 aromatic heterocycles. The minimum absolute atomic E-state index is 0.0848. The number of carbonyl (C=O) groups is 2. The maximum absolute atomic E-state index is 13.5. The van der Waals surface area contributed by atoms with Gasteiger partial charge in [0.25, 0.3) is 11.8 Å². The average Bonchev–Trinajstić information content (AvgIpc) is 3.05. The molecule has 43 heavy (non-hydrogen) atoms. The van der Waals surface area contributed by atoms with E-state index in [1.165, 1.54) is 0 Å². The van der Waals surface area contributed by atoms with Gasteiger partial charge in [0.05, 0.1) is 0 Å². The molecular formula is C35H32N2O6. The first-order valence-corrected chi connectivity index (χ1v) is 14.7. The number of rotatable bonds is 4. The molecule has 0 N–H and O–H groups in total. The first-order valence-electron chi connectivity index (χ1n) is 14.7. The third-order valence-electron chi connectivity index (χ3n) is 8.18. The normalized spacial score (nSPS) is 23.3. The van der Waals surface area contributed by atoms with Crippen molar-refractivity contribution in [1.82, 2.24) is 9.80 Å². The molecule has 0 unspecified atom stereocenters. The number of ether oxygens (including phenoxy) is 4. The van der Waals surface area contributed by atoms with Crippen LogP contribution >= 0.6 is 0 Å². The maximum Gasteiger partial charge on any atom is 0.266 e. The average molecular weight is 577 g/mol. The van der Waals surface area contributed by atoms with E-state index in [0.29, 0.717) is 55.7 Å². The predicted molar refractivity (Wildman–Crippen MR) is 159 cm³/mol. The molecule has 4 atom stereocenters. The number of benzene rings is 4. The standard InChI is InChI=1S/C35H32N2O6/c38-34-32(42-24-12-3-1-4-13-24)30-26-16-7-9-18-28(26)40-22-23-41-29-19-10-8-17-27(29)31-33(43-25-14-5-2-6-15-25)35(39)37(31)21-11-20-36(30)34/h1-10,12-19,30-33H,11,20-23H2/t30-,31-,32+,33+/m1/s1. The van der Waals surface area contributed by atoms with Crippen LogP contribution in [0.1, 0.15) is 29.6 Å². The largest absolute Gasteiger partial charge is 0.490 e. The Hall–Kier alpha value is -4.98. The van der Waals surface area contributed by atoms with Crippen LogP contribution in [0.4, 0.5) is 0 Å². The molecule has 4 aromatic rings. The van der Waals surface area contributed by atoms with Gasteiger partial charge < -0.3 is 28.7 Å². The van der Waals surface area contributed by atoms with Crippen LogP contribution in [0.2, 0.25) is 0 Å². The molecule has 2 amide bonds. The van der Waals surface area contributed by atoms with Crippen molar-refractivity contribution >= 4 is 11.8 Å². The molecule has 3 aliphatic heterocycles. The fraction of sp³-hybridized carbons (Fsp3) is 0.257. The van der Waals surface area contributed by atoms with Gasteiger partial charge in [-0.25, -0.2) is 0 Å². The van der Waals surface area contributed by atoms with Crippen molar-refractivity contribution in [2.24, 2.45) is 0 Å². The third kappa shape index (κ3) is 5.14. The topological polar surface area (TPSA) is 77.5 Å². The van der Waals surface area contributed by atoms with Crippen molar-refractivity contribution < 1.29 is 28.5 Å². The van der Waals surface area contributed by atoms with Gasteiger partial charge in [0, 0.05) is 24.2 Å². The summed E-state index contributed by atoms with van der Waals surface area (Å²) in [5.41, 5.74) is 1.76. The van der Waals surface area contributed by atoms with E-state index in [1.54, 1.807) is 0 Å². The molecule has 3 heterocycles. The van der Waals surface area contributed by atoms with E-state index < -0.39 is 12.2 Å². The van der Waals surface area contributed by atoms with Gasteiger partial charge in [-0.2, -0.15) is 0 Å². The van der Waals surface area contributed by atoms with Crippen LogP contribution in [-0.2, 0) is 9.59 Å². The van der Waals surface area contributed by atoms with Gasteiger partial charge in [-0.3, -0.25) is 9.59 Å². The van der Waals surface area contributed by atoms with Crippen molar-refractivity contribution in [3.63, 3.8) is 0 Å². The summed E-state index contributed by atoms with van der Waals surface area (Å²) < 4.78 is 24.9. The number of amides is 2. The Morgan fingerprint density at radius 2 is 0.930 bits per heavy atom. The van der Waals surface area contributed by atoms with E-state index >= 15 is 0 Å². The van der Waals surface area contributed by atoms with Crippen LogP contribution in [0.3, 0.4) is 0 Å². The molecule has 218 valence electrons. The highest BCUT2D eigenvalue weighted by Crippen LogP contribution is 2.44. The van der Waals surface area contributed by atoms with Gasteiger partial charge in [-0.15, -0.1) is 0 Å². The van der Waals surface area contributed by atoms with Crippen molar-refractivity contribution in [2.75, 3.05) is 26.3 Å². The number of hydrogen-bond acceptors (Lipinski definition) is 6. The lowest BCUT2D eigenvalue weighted by Crippen LogP contribution is -2.63. The van der Waals surface area contributed by atoms with E-state index in [4.69, 9.17) is 18.9 Å². The highest BCUT2D eigenvalue weighted by Gasteiger charge is 2.53. The summed E-state index contributed by atoms with van der Waals surface area (Å²) >= 11 is 0. The van der Waals surface area contributed by atoms with Crippen molar-refractivity contribution in [2.45, 2.75) is 30.7 Å². The van der Waals surface area contributed by atoms with Gasteiger partial charge in [-0.05, 0) is 42.8 Å². The lowest BCUT2D eigenvalue weighted by atomic mass is 9.88. The van der Waals surface area contributed by atoms with Gasteiger partial charge in [0.15, 0.2) is 0 Å². The Kier molecular flexibility index (Phi) is 7.33. The van der Waals surface area contributed by atoms with Crippen LogP contribution in [0.25, 0.3) is 0 Å². The maximum atomic E-state index is 13.5. The fourth-order valence-electron chi connectivity index (χ4n) is 6.14. The van der Waals surface area contributed by atoms with E-state index in [0.717, 1.165) is 11.1 Å². The zero-order valence-electron chi connectivity index (χ0n) is 23.6. The molecule has 8 nitrogen and oxygen atoms in total. The zero-order chi connectivity index (χ0) is 29.2. The van der Waals surface area contributed by atoms with Gasteiger partial charge in [0.1, 0.15) is 48.3 Å². The minimum Gasteiger partial charge on any atom is -0.490 e. The Morgan fingerprint density at radius 1 is 0.535 bits per heavy atom. The Labute approximate surface area is 250 Å². The van der Waals surface area contributed by atoms with Crippen LogP contribution in [0.5, 0.6) is 23.0 Å². The summed E-state index contributed by atoms with van der Waals surface area (Å²) in [7, 11) is 0. The molecule has 0 aliphatic carbocycles. The molecule has 0 bridgehead atoms. The zero-order valence-corrected chi connectivity index (χ0v) is 23.6. The van der Waals surface area contributed by atoms with E-state index in [-0.39, 0.29) is 23.9 Å². The van der Waals surface area contributed by atoms with Crippen molar-refractivity contribution in [1.29, 1.82) is 0 Å². The molecule has 7 rings (SSSR count). The first kappa shape index (κ1) is 26.9. The van der Waals surface area contributed by atoms with Crippen molar-refractivity contribution in [3.8, 4) is 23.0 Å². The fourth-order valence-corrected chi connectivity index (χ4v) is 6.14. The summed E-state index contributed by atoms with van der Waals surface area (Å²) in [4.78, 5) is 30.6. The number of hydrogen-bond donors (Lipinski definition) is 0. The molecule has 3 aliphatic rings. The molecule has 0 saturated carbocycles. The van der Waals surface area contributed by atoms with E-state index in [2.05, 4.69) is 0 Å². The summed E-state index contributed by atoms with van der Waals surface area (Å²) in [5.74, 6) is 2.48. The van der Waals surface area contributed by atoms with Gasteiger partial charge in [-0.1, -0.05) is 72.8 Å². The number of carbonyl (C=O) groups excluding carboxylic acids is 2. The molecule has 0 spiro atoms. The number of nitrogens with zero attached hydrogens (tertiary/aromatic N) is 2. The Morgan fingerprint density at radius 3 is 1.37 bits per heavy atom. The van der Waals surface area contributed by atoms with E-state index in [1.807, 2.05) is 119 Å². The molecule has 2 fully saturated rings. The molecule has 0 radical (unpaired) electrons. The Balaban J connectivity index is 1.18. The molecule has 2 saturated heterocycles. The Bertz CT molecular complexity index is 1480. The SMILES string of the molecule is O=C1[C@@H](Oc2ccccc2)[C@H]2c3ccccc3OCCOc3ccccc3[C@@H]3[C@H](Oc4ccccc4)C(=O)N3CCCN12. The van der Waals surface area contributed by atoms with Gasteiger partial charge in [0.2, 0.25) is 12.2 Å². The van der Waals surface area contributed by atoms with Crippen LogP contribution in [0.15, 0.2) is 109 Å². The first-order chi connectivity index (χ1) is 21.2. The highest BCUT2D eigenvalue weighted by atomic mass is 16.5. The molecular weight excluding hydrogens is 544 g/mol.